The van der Waals surface area contributed by atoms with Crippen LogP contribution in [0.15, 0.2) is 54.1 Å². The Bertz CT molecular complexity index is 395. The standard InChI is InChI=1S/C15H19NO/c17-15(14-10-4-5-11-14)16-12-6-9-13-7-2-1-3-8-13/h1-5,7-8,10,15-17H,6,9,11-12H2. The Hall–Kier alpha value is -1.38. The summed E-state index contributed by atoms with van der Waals surface area (Å²) < 4.78 is 0. The Morgan fingerprint density at radius 2 is 2.06 bits per heavy atom. The maximum absolute atomic E-state index is 9.83. The Balaban J connectivity index is 1.63. The van der Waals surface area contributed by atoms with Gasteiger partial charge in [0.1, 0.15) is 6.23 Å². The molecule has 2 nitrogen and oxygen atoms in total. The Kier molecular flexibility index (Phi) is 4.54. The van der Waals surface area contributed by atoms with Gasteiger partial charge >= 0.3 is 0 Å². The summed E-state index contributed by atoms with van der Waals surface area (Å²) in [5.41, 5.74) is 2.41. The molecule has 1 aliphatic rings. The van der Waals surface area contributed by atoms with Gasteiger partial charge in [-0.25, -0.2) is 0 Å². The minimum Gasteiger partial charge on any atom is -0.375 e. The first kappa shape index (κ1) is 12.1. The van der Waals surface area contributed by atoms with E-state index >= 15 is 0 Å². The predicted molar refractivity (Wildman–Crippen MR) is 70.6 cm³/mol. The summed E-state index contributed by atoms with van der Waals surface area (Å²) in [6.07, 6.45) is 8.51. The third-order valence-electron chi connectivity index (χ3n) is 2.97. The first-order valence-corrected chi connectivity index (χ1v) is 6.17. The van der Waals surface area contributed by atoms with Gasteiger partial charge < -0.3 is 5.11 Å². The van der Waals surface area contributed by atoms with E-state index in [2.05, 4.69) is 35.7 Å². The normalized spacial score (nSPS) is 15.9. The lowest BCUT2D eigenvalue weighted by molar-refractivity contribution is 0.171. The van der Waals surface area contributed by atoms with Crippen molar-refractivity contribution >= 4 is 0 Å². The molecule has 1 atom stereocenters. The number of nitrogens with one attached hydrogen (secondary N) is 1. The SMILES string of the molecule is OC(NCCCc1ccccc1)C1=CC=CC1. The molecule has 90 valence electrons. The summed E-state index contributed by atoms with van der Waals surface area (Å²) in [4.78, 5) is 0. The molecule has 0 saturated heterocycles. The predicted octanol–water partition coefficient (Wildman–Crippen LogP) is 2.41. The van der Waals surface area contributed by atoms with E-state index in [0.29, 0.717) is 0 Å². The zero-order valence-corrected chi connectivity index (χ0v) is 9.97. The summed E-state index contributed by atoms with van der Waals surface area (Å²) in [6.45, 7) is 0.841. The van der Waals surface area contributed by atoms with Crippen molar-refractivity contribution in [3.8, 4) is 0 Å². The number of benzene rings is 1. The third-order valence-corrected chi connectivity index (χ3v) is 2.97. The first-order chi connectivity index (χ1) is 8.36. The molecule has 1 aliphatic carbocycles. The summed E-state index contributed by atoms with van der Waals surface area (Å²) in [5.74, 6) is 0. The number of aliphatic hydroxyl groups is 1. The maximum atomic E-state index is 9.83. The molecule has 1 aromatic carbocycles. The Morgan fingerprint density at radius 1 is 1.24 bits per heavy atom. The highest BCUT2D eigenvalue weighted by molar-refractivity contribution is 5.25. The quantitative estimate of drug-likeness (QED) is 0.580. The first-order valence-electron chi connectivity index (χ1n) is 6.17. The van der Waals surface area contributed by atoms with Crippen LogP contribution in [0.4, 0.5) is 0 Å². The molecular weight excluding hydrogens is 210 g/mol. The van der Waals surface area contributed by atoms with Gasteiger partial charge in [-0.2, -0.15) is 0 Å². The van der Waals surface area contributed by atoms with E-state index in [1.807, 2.05) is 18.2 Å². The fourth-order valence-electron chi connectivity index (χ4n) is 1.97. The maximum Gasteiger partial charge on any atom is 0.127 e. The summed E-state index contributed by atoms with van der Waals surface area (Å²) >= 11 is 0. The van der Waals surface area contributed by atoms with Gasteiger partial charge in [0.25, 0.3) is 0 Å². The molecule has 0 amide bonds. The highest BCUT2D eigenvalue weighted by Crippen LogP contribution is 2.13. The molecule has 0 radical (unpaired) electrons. The average Bonchev–Trinajstić information content (AvgIpc) is 2.89. The van der Waals surface area contributed by atoms with E-state index < -0.39 is 6.23 Å². The van der Waals surface area contributed by atoms with Gasteiger partial charge in [0.2, 0.25) is 0 Å². The van der Waals surface area contributed by atoms with Gasteiger partial charge in [0.15, 0.2) is 0 Å². The molecule has 2 N–H and O–H groups in total. The van der Waals surface area contributed by atoms with E-state index in [-0.39, 0.29) is 0 Å². The van der Waals surface area contributed by atoms with Crippen LogP contribution in [-0.4, -0.2) is 17.9 Å². The van der Waals surface area contributed by atoms with Gasteiger partial charge in [-0.15, -0.1) is 0 Å². The van der Waals surface area contributed by atoms with Gasteiger partial charge in [-0.3, -0.25) is 5.32 Å². The summed E-state index contributed by atoms with van der Waals surface area (Å²) in [6, 6.07) is 10.4. The molecular formula is C15H19NO. The van der Waals surface area contributed by atoms with Crippen molar-refractivity contribution < 1.29 is 5.11 Å². The molecule has 1 aromatic rings. The van der Waals surface area contributed by atoms with Gasteiger partial charge in [-0.1, -0.05) is 48.6 Å². The summed E-state index contributed by atoms with van der Waals surface area (Å²) in [7, 11) is 0. The van der Waals surface area contributed by atoms with Crippen molar-refractivity contribution in [2.75, 3.05) is 6.54 Å². The lowest BCUT2D eigenvalue weighted by Crippen LogP contribution is -2.31. The number of allylic oxidation sites excluding steroid dienone is 3. The third kappa shape index (κ3) is 3.84. The molecule has 0 heterocycles. The number of rotatable bonds is 6. The van der Waals surface area contributed by atoms with Crippen LogP contribution in [0.5, 0.6) is 0 Å². The number of hydrogen-bond donors (Lipinski definition) is 2. The van der Waals surface area contributed by atoms with Crippen molar-refractivity contribution in [3.63, 3.8) is 0 Å². The molecule has 17 heavy (non-hydrogen) atoms. The Morgan fingerprint density at radius 3 is 2.76 bits per heavy atom. The number of aryl methyl sites for hydroxylation is 1. The van der Waals surface area contributed by atoms with Crippen molar-refractivity contribution in [2.24, 2.45) is 0 Å². The topological polar surface area (TPSA) is 32.3 Å². The van der Waals surface area contributed by atoms with Gasteiger partial charge in [0.05, 0.1) is 0 Å². The van der Waals surface area contributed by atoms with Crippen LogP contribution in [0, 0.1) is 0 Å². The Labute approximate surface area is 103 Å². The van der Waals surface area contributed by atoms with Crippen LogP contribution in [0.1, 0.15) is 18.4 Å². The second-order valence-corrected chi connectivity index (χ2v) is 4.32. The van der Waals surface area contributed by atoms with Crippen LogP contribution in [0.3, 0.4) is 0 Å². The lowest BCUT2D eigenvalue weighted by atomic mass is 10.1. The molecule has 0 bridgehead atoms. The molecule has 1 unspecified atom stereocenters. The molecule has 0 aliphatic heterocycles. The summed E-state index contributed by atoms with van der Waals surface area (Å²) in [5, 5.41) is 13.0. The molecule has 0 spiro atoms. The zero-order chi connectivity index (χ0) is 11.9. The van der Waals surface area contributed by atoms with Crippen LogP contribution in [0.2, 0.25) is 0 Å². The molecule has 0 fully saturated rings. The number of hydrogen-bond acceptors (Lipinski definition) is 2. The minimum atomic E-state index is -0.485. The van der Waals surface area contributed by atoms with Crippen LogP contribution in [-0.2, 0) is 6.42 Å². The van der Waals surface area contributed by atoms with Gasteiger partial charge in [0, 0.05) is 0 Å². The highest BCUT2D eigenvalue weighted by Gasteiger charge is 2.09. The van der Waals surface area contributed by atoms with Crippen molar-refractivity contribution in [1.29, 1.82) is 0 Å². The average molecular weight is 229 g/mol. The zero-order valence-electron chi connectivity index (χ0n) is 9.97. The van der Waals surface area contributed by atoms with E-state index in [4.69, 9.17) is 0 Å². The molecule has 0 saturated carbocycles. The fraction of sp³-hybridized carbons (Fsp3) is 0.333. The largest absolute Gasteiger partial charge is 0.375 e. The second-order valence-electron chi connectivity index (χ2n) is 4.32. The minimum absolute atomic E-state index is 0.485. The molecule has 0 aromatic heterocycles. The van der Waals surface area contributed by atoms with E-state index in [1.54, 1.807) is 0 Å². The van der Waals surface area contributed by atoms with Crippen molar-refractivity contribution in [3.05, 3.63) is 59.7 Å². The van der Waals surface area contributed by atoms with Crippen LogP contribution < -0.4 is 5.32 Å². The van der Waals surface area contributed by atoms with E-state index in [0.717, 1.165) is 31.4 Å². The van der Waals surface area contributed by atoms with Crippen LogP contribution >= 0.6 is 0 Å². The smallest absolute Gasteiger partial charge is 0.127 e. The fourth-order valence-corrected chi connectivity index (χ4v) is 1.97. The van der Waals surface area contributed by atoms with Crippen molar-refractivity contribution in [2.45, 2.75) is 25.5 Å². The van der Waals surface area contributed by atoms with E-state index in [1.165, 1.54) is 5.56 Å². The highest BCUT2D eigenvalue weighted by atomic mass is 16.3. The van der Waals surface area contributed by atoms with Gasteiger partial charge in [-0.05, 0) is 36.9 Å². The second kappa shape index (κ2) is 6.38. The van der Waals surface area contributed by atoms with Crippen molar-refractivity contribution in [1.82, 2.24) is 5.32 Å². The lowest BCUT2D eigenvalue weighted by Gasteiger charge is -2.13. The van der Waals surface area contributed by atoms with Crippen LogP contribution in [0.25, 0.3) is 0 Å². The number of aliphatic hydroxyl groups excluding tert-OH is 1. The molecule has 2 heteroatoms. The monoisotopic (exact) mass is 229 g/mol. The molecule has 2 rings (SSSR count). The van der Waals surface area contributed by atoms with E-state index in [9.17, 15) is 5.11 Å².